The Balaban J connectivity index is 1.47. The molecule has 0 aliphatic carbocycles. The van der Waals surface area contributed by atoms with Gasteiger partial charge in [0.15, 0.2) is 0 Å². The smallest absolute Gasteiger partial charge is 0.379 e. The van der Waals surface area contributed by atoms with Crippen LogP contribution in [0.4, 0.5) is 0 Å². The molecule has 1 unspecified atom stereocenters. The van der Waals surface area contributed by atoms with E-state index >= 15 is 0 Å². The van der Waals surface area contributed by atoms with E-state index in [1.54, 1.807) is 18.2 Å². The fraction of sp³-hybridized carbons (Fsp3) is 0.250. The summed E-state index contributed by atoms with van der Waals surface area (Å²) in [5.74, 6) is 0.412. The maximum atomic E-state index is 13.1. The summed E-state index contributed by atoms with van der Waals surface area (Å²) in [6.07, 6.45) is 2.81. The van der Waals surface area contributed by atoms with Gasteiger partial charge in [-0.1, -0.05) is 50.6 Å². The Morgan fingerprint density at radius 1 is 1.08 bits per heavy atom. The van der Waals surface area contributed by atoms with E-state index in [2.05, 4.69) is 19.9 Å². The number of carbonyl (C=O) groups excluding carboxylic acids is 1. The molecular formula is C32H30N2O5. The third kappa shape index (κ3) is 4.94. The van der Waals surface area contributed by atoms with Crippen LogP contribution >= 0.6 is 0 Å². The second-order valence-corrected chi connectivity index (χ2v) is 9.49. The van der Waals surface area contributed by atoms with Crippen LogP contribution in [0.1, 0.15) is 65.4 Å². The van der Waals surface area contributed by atoms with Crippen molar-refractivity contribution in [3.05, 3.63) is 100 Å². The maximum Gasteiger partial charge on any atom is 0.379 e. The van der Waals surface area contributed by atoms with E-state index in [0.717, 1.165) is 46.9 Å². The van der Waals surface area contributed by atoms with Crippen molar-refractivity contribution in [3.63, 3.8) is 0 Å². The summed E-state index contributed by atoms with van der Waals surface area (Å²) in [7, 11) is 0. The van der Waals surface area contributed by atoms with E-state index in [9.17, 15) is 10.1 Å². The first-order valence-corrected chi connectivity index (χ1v) is 13.1. The van der Waals surface area contributed by atoms with E-state index in [-0.39, 0.29) is 17.4 Å². The molecule has 39 heavy (non-hydrogen) atoms. The number of nitrogens with zero attached hydrogens (tertiary/aromatic N) is 1. The van der Waals surface area contributed by atoms with E-state index < -0.39 is 11.9 Å². The van der Waals surface area contributed by atoms with Gasteiger partial charge in [-0.3, -0.25) is 0 Å². The Labute approximate surface area is 227 Å². The lowest BCUT2D eigenvalue weighted by Gasteiger charge is -2.28. The van der Waals surface area contributed by atoms with Crippen LogP contribution in [0.25, 0.3) is 11.0 Å². The van der Waals surface area contributed by atoms with Gasteiger partial charge in [-0.2, -0.15) is 5.26 Å². The number of furan rings is 1. The molecule has 0 amide bonds. The number of unbranched alkanes of at least 4 members (excludes halogenated alkanes) is 1. The topological polar surface area (TPSA) is 108 Å². The monoisotopic (exact) mass is 522 g/mol. The molecule has 0 saturated heterocycles. The molecule has 0 fully saturated rings. The van der Waals surface area contributed by atoms with Crippen LogP contribution in [-0.4, -0.2) is 12.6 Å². The lowest BCUT2D eigenvalue weighted by molar-refractivity contribution is 0.0702. The lowest BCUT2D eigenvalue weighted by atomic mass is 9.83. The fourth-order valence-corrected chi connectivity index (χ4v) is 4.83. The van der Waals surface area contributed by atoms with Crippen LogP contribution in [-0.2, 0) is 6.42 Å². The van der Waals surface area contributed by atoms with Gasteiger partial charge in [-0.15, -0.1) is 0 Å². The summed E-state index contributed by atoms with van der Waals surface area (Å²) in [5.41, 5.74) is 10.6. The molecule has 0 saturated carbocycles. The number of nitriles is 1. The zero-order chi connectivity index (χ0) is 27.5. The Morgan fingerprint density at radius 2 is 1.90 bits per heavy atom. The maximum absolute atomic E-state index is 13.1. The van der Waals surface area contributed by atoms with Crippen molar-refractivity contribution >= 4 is 16.9 Å². The summed E-state index contributed by atoms with van der Waals surface area (Å²) in [4.78, 5) is 13.1. The van der Waals surface area contributed by atoms with Gasteiger partial charge in [0, 0.05) is 28.1 Å². The number of allylic oxidation sites excluding steroid dienone is 1. The molecule has 7 heteroatoms. The van der Waals surface area contributed by atoms with Crippen molar-refractivity contribution in [2.24, 2.45) is 5.73 Å². The number of para-hydroxylation sites is 1. The van der Waals surface area contributed by atoms with Crippen LogP contribution < -0.4 is 19.9 Å². The highest BCUT2D eigenvalue weighted by molar-refractivity contribution is 5.97. The molecule has 1 atom stereocenters. The number of nitrogens with two attached hydrogens (primary N) is 1. The molecule has 198 valence electrons. The molecule has 4 aromatic rings. The minimum atomic E-state index is -0.607. The number of rotatable bonds is 8. The van der Waals surface area contributed by atoms with Crippen molar-refractivity contribution in [2.75, 3.05) is 6.61 Å². The second kappa shape index (κ2) is 11.0. The largest absolute Gasteiger partial charge is 0.493 e. The van der Waals surface area contributed by atoms with Gasteiger partial charge in [-0.25, -0.2) is 4.79 Å². The minimum absolute atomic E-state index is 0.00157. The van der Waals surface area contributed by atoms with Gasteiger partial charge in [-0.05, 0) is 49.6 Å². The van der Waals surface area contributed by atoms with Crippen LogP contribution in [0.2, 0.25) is 0 Å². The first kappa shape index (κ1) is 25.9. The Kier molecular flexibility index (Phi) is 7.29. The van der Waals surface area contributed by atoms with Crippen molar-refractivity contribution in [1.82, 2.24) is 0 Å². The number of hydrogen-bond donors (Lipinski definition) is 1. The molecular weight excluding hydrogens is 492 g/mol. The predicted octanol–water partition coefficient (Wildman–Crippen LogP) is 6.92. The van der Waals surface area contributed by atoms with Gasteiger partial charge in [0.2, 0.25) is 11.6 Å². The molecule has 0 bridgehead atoms. The Morgan fingerprint density at radius 3 is 2.67 bits per heavy atom. The molecule has 1 aliphatic heterocycles. The summed E-state index contributed by atoms with van der Waals surface area (Å²) < 4.78 is 23.4. The van der Waals surface area contributed by atoms with Crippen LogP contribution in [0.15, 0.2) is 76.5 Å². The summed E-state index contributed by atoms with van der Waals surface area (Å²) in [6.45, 7) is 6.59. The molecule has 3 aromatic carbocycles. The quantitative estimate of drug-likeness (QED) is 0.152. The highest BCUT2D eigenvalue weighted by Crippen LogP contribution is 2.46. The third-order valence-electron chi connectivity index (χ3n) is 6.98. The predicted molar refractivity (Wildman–Crippen MR) is 148 cm³/mol. The number of ether oxygens (including phenoxy) is 3. The van der Waals surface area contributed by atoms with Crippen molar-refractivity contribution in [3.8, 4) is 23.3 Å². The van der Waals surface area contributed by atoms with Crippen molar-refractivity contribution < 1.29 is 23.4 Å². The van der Waals surface area contributed by atoms with E-state index in [1.165, 1.54) is 0 Å². The first-order valence-electron chi connectivity index (χ1n) is 13.1. The Bertz CT molecular complexity index is 1630. The molecule has 2 N–H and O–H groups in total. The van der Waals surface area contributed by atoms with Crippen LogP contribution in [0.3, 0.4) is 0 Å². The van der Waals surface area contributed by atoms with Crippen molar-refractivity contribution in [1.29, 1.82) is 5.26 Å². The minimum Gasteiger partial charge on any atom is -0.493 e. The summed E-state index contributed by atoms with van der Waals surface area (Å²) >= 11 is 0. The highest BCUT2D eigenvalue weighted by Gasteiger charge is 2.33. The van der Waals surface area contributed by atoms with Gasteiger partial charge >= 0.3 is 5.97 Å². The zero-order valence-corrected chi connectivity index (χ0v) is 22.2. The average molecular weight is 523 g/mol. The van der Waals surface area contributed by atoms with Crippen molar-refractivity contribution in [2.45, 2.75) is 46.0 Å². The number of carbonyl (C=O) groups is 1. The number of esters is 1. The molecule has 2 heterocycles. The molecule has 7 nitrogen and oxygen atoms in total. The lowest BCUT2D eigenvalue weighted by Crippen LogP contribution is -2.21. The summed E-state index contributed by atoms with van der Waals surface area (Å²) in [5, 5.41) is 10.8. The van der Waals surface area contributed by atoms with E-state index in [4.69, 9.17) is 24.4 Å². The van der Waals surface area contributed by atoms with Gasteiger partial charge in [0.25, 0.3) is 0 Å². The third-order valence-corrected chi connectivity index (χ3v) is 6.98. The van der Waals surface area contributed by atoms with Gasteiger partial charge < -0.3 is 24.4 Å². The normalized spacial score (nSPS) is 14.5. The Hall–Kier alpha value is -4.70. The number of benzene rings is 3. The van der Waals surface area contributed by atoms with Crippen LogP contribution in [0, 0.1) is 18.3 Å². The highest BCUT2D eigenvalue weighted by atomic mass is 16.5. The number of fused-ring (bicyclic) bond motifs is 2. The number of hydrogen-bond acceptors (Lipinski definition) is 7. The van der Waals surface area contributed by atoms with Crippen LogP contribution in [0.5, 0.6) is 17.2 Å². The molecule has 0 radical (unpaired) electrons. The fourth-order valence-electron chi connectivity index (χ4n) is 4.83. The molecule has 0 spiro atoms. The standard InChI is InChI=1S/C32H30N2O5/c1-4-6-15-36-26-10-8-7-9-22(26)29-23-13-12-21(17-28(23)39-31(34)25(29)18-33)37-32(35)30-19(3)24-16-20(5-2)11-14-27(24)38-30/h7-14,16-17,29H,4-6,15,34H2,1-3H3. The SMILES string of the molecule is CCCCOc1ccccc1C1C(C#N)=C(N)Oc2cc(OC(=O)c3oc4ccc(CC)cc4c3C)ccc21. The molecule has 1 aromatic heterocycles. The average Bonchev–Trinajstić information content (AvgIpc) is 3.28. The van der Waals surface area contributed by atoms with Gasteiger partial charge in [0.1, 0.15) is 34.5 Å². The zero-order valence-electron chi connectivity index (χ0n) is 22.2. The summed E-state index contributed by atoms with van der Waals surface area (Å²) in [6, 6.07) is 20.8. The molecule has 5 rings (SSSR count). The van der Waals surface area contributed by atoms with Gasteiger partial charge in [0.05, 0.1) is 12.5 Å². The van der Waals surface area contributed by atoms with E-state index in [1.807, 2.05) is 49.4 Å². The first-order chi connectivity index (χ1) is 18.9. The van der Waals surface area contributed by atoms with E-state index in [0.29, 0.717) is 29.3 Å². The number of aryl methyl sites for hydroxylation is 2. The second-order valence-electron chi connectivity index (χ2n) is 9.49. The molecule has 1 aliphatic rings.